The van der Waals surface area contributed by atoms with E-state index in [0.717, 1.165) is 17.5 Å². The molecule has 2 aromatic rings. The molecule has 110 valence electrons. The van der Waals surface area contributed by atoms with E-state index in [-0.39, 0.29) is 11.9 Å². The van der Waals surface area contributed by atoms with Crippen LogP contribution in [-0.4, -0.2) is 12.5 Å². The molecule has 0 saturated carbocycles. The normalized spacial score (nSPS) is 12.0. The summed E-state index contributed by atoms with van der Waals surface area (Å²) in [6.45, 7) is 4.66. The van der Waals surface area contributed by atoms with Crippen LogP contribution in [0.5, 0.6) is 0 Å². The fraction of sp³-hybridized carbons (Fsp3) is 0.278. The van der Waals surface area contributed by atoms with Crippen molar-refractivity contribution in [3.8, 4) is 0 Å². The van der Waals surface area contributed by atoms with E-state index in [2.05, 4.69) is 24.4 Å². The van der Waals surface area contributed by atoms with Gasteiger partial charge in [0.2, 0.25) is 0 Å². The minimum absolute atomic E-state index is 0.0122. The van der Waals surface area contributed by atoms with Gasteiger partial charge in [0.1, 0.15) is 0 Å². The number of carbonyl (C=O) groups is 1. The zero-order chi connectivity index (χ0) is 15.2. The molecule has 0 aromatic heterocycles. The predicted octanol–water partition coefficient (Wildman–Crippen LogP) is 2.99. The maximum absolute atomic E-state index is 12.2. The van der Waals surface area contributed by atoms with E-state index in [4.69, 9.17) is 5.73 Å². The molecule has 0 unspecified atom stereocenters. The molecular weight excluding hydrogens is 260 g/mol. The van der Waals surface area contributed by atoms with Gasteiger partial charge in [0.05, 0.1) is 6.04 Å². The van der Waals surface area contributed by atoms with Gasteiger partial charge in [-0.1, -0.05) is 42.0 Å². The molecule has 0 aliphatic carbocycles. The number of nitrogens with two attached hydrogens (primary N) is 1. The molecule has 3 nitrogen and oxygen atoms in total. The zero-order valence-electron chi connectivity index (χ0n) is 12.6. The van der Waals surface area contributed by atoms with Gasteiger partial charge in [0.15, 0.2) is 0 Å². The van der Waals surface area contributed by atoms with Crippen LogP contribution in [0.15, 0.2) is 48.5 Å². The maximum Gasteiger partial charge on any atom is 0.251 e. The van der Waals surface area contributed by atoms with Crippen molar-refractivity contribution in [3.63, 3.8) is 0 Å². The standard InChI is InChI=1S/C18H22N2O/c1-13-3-7-16(8-4-13)14(2)20-18(21)17-9-5-15(6-10-17)11-12-19/h3-10,14H,11-12,19H2,1-2H3,(H,20,21)/t14-/m0/s1. The van der Waals surface area contributed by atoms with Crippen LogP contribution in [0.1, 0.15) is 40.0 Å². The Morgan fingerprint density at radius 2 is 1.71 bits per heavy atom. The Labute approximate surface area is 126 Å². The number of hydrogen-bond acceptors (Lipinski definition) is 2. The van der Waals surface area contributed by atoms with Crippen LogP contribution in [0.4, 0.5) is 0 Å². The summed E-state index contributed by atoms with van der Waals surface area (Å²) in [5.74, 6) is -0.0534. The molecule has 0 radical (unpaired) electrons. The van der Waals surface area contributed by atoms with E-state index in [1.165, 1.54) is 5.56 Å². The van der Waals surface area contributed by atoms with E-state index in [9.17, 15) is 4.79 Å². The summed E-state index contributed by atoms with van der Waals surface area (Å²) in [5, 5.41) is 3.02. The van der Waals surface area contributed by atoms with E-state index in [0.29, 0.717) is 12.1 Å². The summed E-state index contributed by atoms with van der Waals surface area (Å²) in [6.07, 6.45) is 0.835. The third-order valence-corrected chi connectivity index (χ3v) is 3.57. The second kappa shape index (κ2) is 7.04. The van der Waals surface area contributed by atoms with Gasteiger partial charge in [-0.2, -0.15) is 0 Å². The number of hydrogen-bond donors (Lipinski definition) is 2. The molecule has 0 saturated heterocycles. The molecule has 1 amide bonds. The first-order valence-corrected chi connectivity index (χ1v) is 7.26. The second-order valence-electron chi connectivity index (χ2n) is 5.34. The lowest BCUT2D eigenvalue weighted by Crippen LogP contribution is -2.26. The summed E-state index contributed by atoms with van der Waals surface area (Å²) in [5.41, 5.74) is 9.67. The number of amides is 1. The molecule has 0 spiro atoms. The Kier molecular flexibility index (Phi) is 5.12. The maximum atomic E-state index is 12.2. The first kappa shape index (κ1) is 15.3. The van der Waals surface area contributed by atoms with Crippen LogP contribution in [-0.2, 0) is 6.42 Å². The van der Waals surface area contributed by atoms with Crippen LogP contribution in [0.2, 0.25) is 0 Å². The number of aryl methyl sites for hydroxylation is 1. The van der Waals surface area contributed by atoms with Crippen molar-refractivity contribution in [2.24, 2.45) is 5.73 Å². The molecular formula is C18H22N2O. The largest absolute Gasteiger partial charge is 0.346 e. The minimum Gasteiger partial charge on any atom is -0.346 e. The van der Waals surface area contributed by atoms with Crippen LogP contribution in [0, 0.1) is 6.92 Å². The highest BCUT2D eigenvalue weighted by Gasteiger charge is 2.11. The van der Waals surface area contributed by atoms with E-state index < -0.39 is 0 Å². The van der Waals surface area contributed by atoms with Crippen molar-refractivity contribution in [1.82, 2.24) is 5.32 Å². The summed E-state index contributed by atoms with van der Waals surface area (Å²) >= 11 is 0. The predicted molar refractivity (Wildman–Crippen MR) is 86.3 cm³/mol. The lowest BCUT2D eigenvalue weighted by molar-refractivity contribution is 0.0940. The summed E-state index contributed by atoms with van der Waals surface area (Å²) in [7, 11) is 0. The lowest BCUT2D eigenvalue weighted by atomic mass is 10.1. The van der Waals surface area contributed by atoms with Crippen molar-refractivity contribution in [3.05, 3.63) is 70.8 Å². The average molecular weight is 282 g/mol. The highest BCUT2D eigenvalue weighted by molar-refractivity contribution is 5.94. The molecule has 0 aliphatic heterocycles. The molecule has 21 heavy (non-hydrogen) atoms. The van der Waals surface area contributed by atoms with Gasteiger partial charge in [0, 0.05) is 5.56 Å². The lowest BCUT2D eigenvalue weighted by Gasteiger charge is -2.15. The van der Waals surface area contributed by atoms with Crippen LogP contribution >= 0.6 is 0 Å². The molecule has 2 rings (SSSR count). The summed E-state index contributed by atoms with van der Waals surface area (Å²) in [6, 6.07) is 15.8. The average Bonchev–Trinajstić information content (AvgIpc) is 2.49. The van der Waals surface area contributed by atoms with Gasteiger partial charge >= 0.3 is 0 Å². The molecule has 3 heteroatoms. The van der Waals surface area contributed by atoms with E-state index in [1.807, 2.05) is 43.3 Å². The first-order valence-electron chi connectivity index (χ1n) is 7.26. The van der Waals surface area contributed by atoms with Crippen LogP contribution < -0.4 is 11.1 Å². The summed E-state index contributed by atoms with van der Waals surface area (Å²) in [4.78, 5) is 12.2. The van der Waals surface area contributed by atoms with Crippen molar-refractivity contribution in [1.29, 1.82) is 0 Å². The number of nitrogens with one attached hydrogen (secondary N) is 1. The molecule has 3 N–H and O–H groups in total. The van der Waals surface area contributed by atoms with Crippen LogP contribution in [0.3, 0.4) is 0 Å². The zero-order valence-corrected chi connectivity index (χ0v) is 12.6. The van der Waals surface area contributed by atoms with Gasteiger partial charge in [-0.15, -0.1) is 0 Å². The molecule has 2 aromatic carbocycles. The Balaban J connectivity index is 2.01. The van der Waals surface area contributed by atoms with Gasteiger partial charge in [0.25, 0.3) is 5.91 Å². The Bertz CT molecular complexity index is 588. The Morgan fingerprint density at radius 3 is 2.29 bits per heavy atom. The molecule has 0 aliphatic rings. The third-order valence-electron chi connectivity index (χ3n) is 3.57. The van der Waals surface area contributed by atoms with Crippen molar-refractivity contribution in [2.75, 3.05) is 6.54 Å². The number of rotatable bonds is 5. The van der Waals surface area contributed by atoms with Crippen LogP contribution in [0.25, 0.3) is 0 Å². The van der Waals surface area contributed by atoms with Gasteiger partial charge < -0.3 is 11.1 Å². The minimum atomic E-state index is -0.0534. The smallest absolute Gasteiger partial charge is 0.251 e. The van der Waals surface area contributed by atoms with Gasteiger partial charge in [-0.25, -0.2) is 0 Å². The van der Waals surface area contributed by atoms with Crippen molar-refractivity contribution >= 4 is 5.91 Å². The molecule has 1 atom stereocenters. The molecule has 0 heterocycles. The Hall–Kier alpha value is -2.13. The second-order valence-corrected chi connectivity index (χ2v) is 5.34. The quantitative estimate of drug-likeness (QED) is 0.885. The number of benzene rings is 2. The SMILES string of the molecule is Cc1ccc([C@H](C)NC(=O)c2ccc(CCN)cc2)cc1. The monoisotopic (exact) mass is 282 g/mol. The Morgan fingerprint density at radius 1 is 1.10 bits per heavy atom. The first-order chi connectivity index (χ1) is 10.1. The number of carbonyl (C=O) groups excluding carboxylic acids is 1. The highest BCUT2D eigenvalue weighted by atomic mass is 16.1. The van der Waals surface area contributed by atoms with Gasteiger partial charge in [-0.3, -0.25) is 4.79 Å². The summed E-state index contributed by atoms with van der Waals surface area (Å²) < 4.78 is 0. The topological polar surface area (TPSA) is 55.1 Å². The highest BCUT2D eigenvalue weighted by Crippen LogP contribution is 2.14. The van der Waals surface area contributed by atoms with Crippen molar-refractivity contribution in [2.45, 2.75) is 26.3 Å². The van der Waals surface area contributed by atoms with E-state index in [1.54, 1.807) is 0 Å². The molecule has 0 fully saturated rings. The van der Waals surface area contributed by atoms with Gasteiger partial charge in [-0.05, 0) is 50.1 Å². The fourth-order valence-electron chi connectivity index (χ4n) is 2.21. The van der Waals surface area contributed by atoms with E-state index >= 15 is 0 Å². The molecule has 0 bridgehead atoms. The van der Waals surface area contributed by atoms with Crippen molar-refractivity contribution < 1.29 is 4.79 Å². The third kappa shape index (κ3) is 4.17. The fourth-order valence-corrected chi connectivity index (χ4v) is 2.21.